The van der Waals surface area contributed by atoms with Gasteiger partial charge in [0.1, 0.15) is 0 Å². The van der Waals surface area contributed by atoms with E-state index in [9.17, 15) is 0 Å². The van der Waals surface area contributed by atoms with Gasteiger partial charge in [0, 0.05) is 28.5 Å². The van der Waals surface area contributed by atoms with Gasteiger partial charge in [0.15, 0.2) is 5.76 Å². The first-order valence-corrected chi connectivity index (χ1v) is 6.45. The number of aromatic nitrogens is 2. The highest BCUT2D eigenvalue weighted by atomic mass is 16.5. The Kier molecular flexibility index (Phi) is 3.02. The summed E-state index contributed by atoms with van der Waals surface area (Å²) in [6.45, 7) is 4.45. The number of rotatable bonds is 3. The van der Waals surface area contributed by atoms with Gasteiger partial charge >= 0.3 is 0 Å². The van der Waals surface area contributed by atoms with Gasteiger partial charge in [-0.15, -0.1) is 0 Å². The molecule has 5 nitrogen and oxygen atoms in total. The van der Waals surface area contributed by atoms with Crippen LogP contribution in [0.4, 0.5) is 11.4 Å². The Morgan fingerprint density at radius 2 is 2.00 bits per heavy atom. The van der Waals surface area contributed by atoms with E-state index in [1.165, 1.54) is 0 Å². The highest BCUT2D eigenvalue weighted by Gasteiger charge is 2.06. The average molecular weight is 268 g/mol. The number of hydrogen-bond acceptors (Lipinski definition) is 5. The third-order valence-electron chi connectivity index (χ3n) is 3.09. The molecule has 0 atom stereocenters. The topological polar surface area (TPSA) is 77.0 Å². The molecule has 0 aliphatic carbocycles. The van der Waals surface area contributed by atoms with Crippen molar-refractivity contribution in [2.75, 3.05) is 11.1 Å². The van der Waals surface area contributed by atoms with Crippen LogP contribution in [-0.2, 0) is 6.54 Å². The minimum absolute atomic E-state index is 0.578. The fourth-order valence-electron chi connectivity index (χ4n) is 2.20. The van der Waals surface area contributed by atoms with Crippen LogP contribution >= 0.6 is 0 Å². The van der Waals surface area contributed by atoms with E-state index in [0.717, 1.165) is 39.4 Å². The van der Waals surface area contributed by atoms with Crippen LogP contribution in [0.25, 0.3) is 10.9 Å². The van der Waals surface area contributed by atoms with Crippen molar-refractivity contribution in [2.24, 2.45) is 0 Å². The predicted octanol–water partition coefficient (Wildman–Crippen LogP) is 3.03. The molecule has 0 amide bonds. The van der Waals surface area contributed by atoms with Crippen LogP contribution in [0, 0.1) is 13.8 Å². The number of nitrogens with two attached hydrogens (primary N) is 1. The van der Waals surface area contributed by atoms with Crippen LogP contribution in [0.3, 0.4) is 0 Å². The van der Waals surface area contributed by atoms with Crippen molar-refractivity contribution >= 4 is 22.3 Å². The second kappa shape index (κ2) is 4.85. The Morgan fingerprint density at radius 1 is 1.15 bits per heavy atom. The predicted molar refractivity (Wildman–Crippen MR) is 79.5 cm³/mol. The largest absolute Gasteiger partial charge is 0.399 e. The molecule has 3 N–H and O–H groups in total. The molecule has 102 valence electrons. The van der Waals surface area contributed by atoms with Gasteiger partial charge < -0.3 is 15.6 Å². The second-order valence-electron chi connectivity index (χ2n) is 4.88. The maximum absolute atomic E-state index is 5.86. The van der Waals surface area contributed by atoms with E-state index in [4.69, 9.17) is 10.3 Å². The summed E-state index contributed by atoms with van der Waals surface area (Å²) in [5.41, 5.74) is 10.3. The van der Waals surface area contributed by atoms with Crippen LogP contribution in [-0.4, -0.2) is 10.1 Å². The lowest BCUT2D eigenvalue weighted by Gasteiger charge is -2.10. The van der Waals surface area contributed by atoms with Gasteiger partial charge in [0.2, 0.25) is 0 Å². The van der Waals surface area contributed by atoms with Crippen molar-refractivity contribution in [1.29, 1.82) is 0 Å². The molecule has 0 saturated carbocycles. The molecule has 5 heteroatoms. The van der Waals surface area contributed by atoms with E-state index in [2.05, 4.69) is 15.5 Å². The zero-order valence-corrected chi connectivity index (χ0v) is 11.5. The molecular formula is C15H16N4O. The number of nitrogen functional groups attached to an aromatic ring is 1. The Labute approximate surface area is 116 Å². The highest BCUT2D eigenvalue weighted by molar-refractivity contribution is 5.93. The van der Waals surface area contributed by atoms with Crippen molar-refractivity contribution in [3.05, 3.63) is 47.5 Å². The van der Waals surface area contributed by atoms with E-state index in [1.807, 2.05) is 44.2 Å². The van der Waals surface area contributed by atoms with Gasteiger partial charge in [-0.05, 0) is 38.1 Å². The maximum Gasteiger partial charge on any atom is 0.156 e. The Bertz CT molecular complexity index is 764. The Hall–Kier alpha value is -2.56. The summed E-state index contributed by atoms with van der Waals surface area (Å²) < 4.78 is 5.20. The standard InChI is InChI=1S/C15H16N4O/c1-9-6-15(17-8-12-5-10(2)19-20-12)13-7-11(16)3-4-14(13)18-9/h3-7H,8,16H2,1-2H3,(H,17,18). The van der Waals surface area contributed by atoms with Crippen molar-refractivity contribution < 1.29 is 4.52 Å². The second-order valence-corrected chi connectivity index (χ2v) is 4.88. The number of anilines is 2. The number of aryl methyl sites for hydroxylation is 2. The van der Waals surface area contributed by atoms with Gasteiger partial charge in [-0.3, -0.25) is 4.98 Å². The normalized spacial score (nSPS) is 10.9. The Morgan fingerprint density at radius 3 is 2.75 bits per heavy atom. The molecule has 0 unspecified atom stereocenters. The van der Waals surface area contributed by atoms with E-state index in [-0.39, 0.29) is 0 Å². The molecule has 0 fully saturated rings. The summed E-state index contributed by atoms with van der Waals surface area (Å²) in [5, 5.41) is 8.24. The Balaban J connectivity index is 1.95. The quantitative estimate of drug-likeness (QED) is 0.714. The lowest BCUT2D eigenvalue weighted by molar-refractivity contribution is 0.384. The van der Waals surface area contributed by atoms with Crippen LogP contribution < -0.4 is 11.1 Å². The van der Waals surface area contributed by atoms with Crippen molar-refractivity contribution in [3.63, 3.8) is 0 Å². The van der Waals surface area contributed by atoms with Crippen molar-refractivity contribution in [3.8, 4) is 0 Å². The minimum Gasteiger partial charge on any atom is -0.399 e. The fourth-order valence-corrected chi connectivity index (χ4v) is 2.20. The first-order valence-electron chi connectivity index (χ1n) is 6.45. The molecule has 0 aliphatic heterocycles. The molecule has 0 saturated heterocycles. The number of hydrogen-bond donors (Lipinski definition) is 2. The van der Waals surface area contributed by atoms with Gasteiger partial charge in [-0.1, -0.05) is 5.16 Å². The smallest absolute Gasteiger partial charge is 0.156 e. The van der Waals surface area contributed by atoms with Gasteiger partial charge in [0.05, 0.1) is 17.8 Å². The summed E-state index contributed by atoms with van der Waals surface area (Å²) in [7, 11) is 0. The molecule has 0 bridgehead atoms. The average Bonchev–Trinajstić information content (AvgIpc) is 2.82. The lowest BCUT2D eigenvalue weighted by atomic mass is 10.1. The van der Waals surface area contributed by atoms with Crippen LogP contribution in [0.5, 0.6) is 0 Å². The van der Waals surface area contributed by atoms with Crippen LogP contribution in [0.1, 0.15) is 17.1 Å². The maximum atomic E-state index is 5.86. The zero-order chi connectivity index (χ0) is 14.1. The summed E-state index contributed by atoms with van der Waals surface area (Å²) in [4.78, 5) is 4.51. The van der Waals surface area contributed by atoms with Gasteiger partial charge in [0.25, 0.3) is 0 Å². The summed E-state index contributed by atoms with van der Waals surface area (Å²) in [6.07, 6.45) is 0. The van der Waals surface area contributed by atoms with Crippen LogP contribution in [0.2, 0.25) is 0 Å². The van der Waals surface area contributed by atoms with Gasteiger partial charge in [-0.2, -0.15) is 0 Å². The zero-order valence-electron chi connectivity index (χ0n) is 11.5. The lowest BCUT2D eigenvalue weighted by Crippen LogP contribution is -2.01. The summed E-state index contributed by atoms with van der Waals surface area (Å²) in [6, 6.07) is 9.64. The van der Waals surface area contributed by atoms with Crippen molar-refractivity contribution in [1.82, 2.24) is 10.1 Å². The monoisotopic (exact) mass is 268 g/mol. The first kappa shape index (κ1) is 12.5. The molecule has 3 aromatic rings. The number of nitrogens with zero attached hydrogens (tertiary/aromatic N) is 2. The molecule has 1 aromatic carbocycles. The minimum atomic E-state index is 0.578. The molecule has 0 aliphatic rings. The molecule has 2 aromatic heterocycles. The highest BCUT2D eigenvalue weighted by Crippen LogP contribution is 2.25. The SMILES string of the molecule is Cc1cc(CNc2cc(C)nc3ccc(N)cc23)on1. The van der Waals surface area contributed by atoms with E-state index in [1.54, 1.807) is 0 Å². The third-order valence-corrected chi connectivity index (χ3v) is 3.09. The van der Waals surface area contributed by atoms with Crippen LogP contribution in [0.15, 0.2) is 34.9 Å². The van der Waals surface area contributed by atoms with E-state index in [0.29, 0.717) is 6.54 Å². The molecule has 0 spiro atoms. The van der Waals surface area contributed by atoms with E-state index >= 15 is 0 Å². The number of fused-ring (bicyclic) bond motifs is 1. The number of pyridine rings is 1. The first-order chi connectivity index (χ1) is 9.61. The fraction of sp³-hybridized carbons (Fsp3) is 0.200. The molecule has 3 rings (SSSR count). The van der Waals surface area contributed by atoms with Crippen molar-refractivity contribution in [2.45, 2.75) is 20.4 Å². The molecular weight excluding hydrogens is 252 g/mol. The number of nitrogens with one attached hydrogen (secondary N) is 1. The molecule has 20 heavy (non-hydrogen) atoms. The summed E-state index contributed by atoms with van der Waals surface area (Å²) >= 11 is 0. The molecule has 0 radical (unpaired) electrons. The summed E-state index contributed by atoms with van der Waals surface area (Å²) in [5.74, 6) is 0.800. The number of benzene rings is 1. The molecule has 2 heterocycles. The third kappa shape index (κ3) is 2.42. The van der Waals surface area contributed by atoms with Gasteiger partial charge in [-0.25, -0.2) is 0 Å². The van der Waals surface area contributed by atoms with E-state index < -0.39 is 0 Å².